The average Bonchev–Trinajstić information content (AvgIpc) is 2.28. The Hall–Kier alpha value is -0.860. The fourth-order valence-corrected chi connectivity index (χ4v) is 2.03. The molecule has 0 aliphatic rings. The van der Waals surface area contributed by atoms with E-state index in [9.17, 15) is 0 Å². The molecule has 0 aliphatic carbocycles. The molecule has 2 aromatic rings. The number of benzene rings is 2. The highest BCUT2D eigenvalue weighted by Gasteiger charge is 1.97. The zero-order valence-electron chi connectivity index (χ0n) is 8.66. The van der Waals surface area contributed by atoms with E-state index in [0.717, 1.165) is 5.33 Å². The van der Waals surface area contributed by atoms with Gasteiger partial charge in [-0.25, -0.2) is 0 Å². The van der Waals surface area contributed by atoms with Crippen molar-refractivity contribution in [1.29, 1.82) is 0 Å². The Morgan fingerprint density at radius 3 is 2.33 bits per heavy atom. The molecule has 0 saturated heterocycles. The lowest BCUT2D eigenvalue weighted by molar-refractivity contribution is 0.185. The lowest BCUT2D eigenvalue weighted by Gasteiger charge is -2.04. The Morgan fingerprint density at radius 1 is 1.00 bits per heavy atom. The highest BCUT2D eigenvalue weighted by Crippen LogP contribution is 2.19. The monoisotopic (exact) mass is 264 g/mol. The van der Waals surface area contributed by atoms with E-state index in [-0.39, 0.29) is 0 Å². The molecule has 0 N–H and O–H groups in total. The summed E-state index contributed by atoms with van der Waals surface area (Å²) in [6, 6.07) is 12.9. The minimum absolute atomic E-state index is 0.675. The molecule has 0 radical (unpaired) electrons. The summed E-state index contributed by atoms with van der Waals surface area (Å²) in [5, 5.41) is 3.46. The Kier molecular flexibility index (Phi) is 3.39. The van der Waals surface area contributed by atoms with Crippen LogP contribution in [0.25, 0.3) is 10.8 Å². The predicted molar refractivity (Wildman–Crippen MR) is 67.3 cm³/mol. The first kappa shape index (κ1) is 10.7. The van der Waals surface area contributed by atoms with Gasteiger partial charge in [0.15, 0.2) is 0 Å². The van der Waals surface area contributed by atoms with Gasteiger partial charge in [-0.15, -0.1) is 0 Å². The van der Waals surface area contributed by atoms with Crippen molar-refractivity contribution >= 4 is 26.7 Å². The molecule has 0 saturated carbocycles. The van der Waals surface area contributed by atoms with Gasteiger partial charge in [0.05, 0.1) is 6.61 Å². The number of methoxy groups -OCH3 is 1. The molecule has 0 bridgehead atoms. The normalized spacial score (nSPS) is 10.8. The van der Waals surface area contributed by atoms with E-state index >= 15 is 0 Å². The SMILES string of the molecule is COCc1ccc2ccc(CBr)cc2c1. The van der Waals surface area contributed by atoms with Crippen LogP contribution in [0.3, 0.4) is 0 Å². The maximum absolute atomic E-state index is 5.12. The quantitative estimate of drug-likeness (QED) is 0.765. The van der Waals surface area contributed by atoms with Gasteiger partial charge in [0.1, 0.15) is 0 Å². The fraction of sp³-hybridized carbons (Fsp3) is 0.231. The molecule has 2 rings (SSSR count). The van der Waals surface area contributed by atoms with Gasteiger partial charge < -0.3 is 4.74 Å². The molecule has 0 spiro atoms. The Balaban J connectivity index is 2.48. The van der Waals surface area contributed by atoms with Crippen LogP contribution < -0.4 is 0 Å². The van der Waals surface area contributed by atoms with Gasteiger partial charge in [0.2, 0.25) is 0 Å². The van der Waals surface area contributed by atoms with Crippen molar-refractivity contribution in [3.8, 4) is 0 Å². The van der Waals surface area contributed by atoms with Crippen molar-refractivity contribution < 1.29 is 4.74 Å². The maximum atomic E-state index is 5.12. The molecule has 0 amide bonds. The average molecular weight is 265 g/mol. The molecule has 0 atom stereocenters. The zero-order chi connectivity index (χ0) is 10.7. The molecule has 1 nitrogen and oxygen atoms in total. The summed E-state index contributed by atoms with van der Waals surface area (Å²) in [6.45, 7) is 0.675. The second-order valence-electron chi connectivity index (χ2n) is 3.58. The number of fused-ring (bicyclic) bond motifs is 1. The van der Waals surface area contributed by atoms with Crippen LogP contribution >= 0.6 is 15.9 Å². The Labute approximate surface area is 98.2 Å². The van der Waals surface area contributed by atoms with Crippen LogP contribution in [0.15, 0.2) is 36.4 Å². The van der Waals surface area contributed by atoms with Gasteiger partial charge >= 0.3 is 0 Å². The van der Waals surface area contributed by atoms with Crippen molar-refractivity contribution in [2.45, 2.75) is 11.9 Å². The molecular weight excluding hydrogens is 252 g/mol. The van der Waals surface area contributed by atoms with Crippen LogP contribution in [0.2, 0.25) is 0 Å². The zero-order valence-corrected chi connectivity index (χ0v) is 10.3. The summed E-state index contributed by atoms with van der Waals surface area (Å²) in [5.41, 5.74) is 2.52. The number of ether oxygens (including phenoxy) is 1. The number of halogens is 1. The third kappa shape index (κ3) is 2.39. The molecular formula is C13H13BrO. The third-order valence-electron chi connectivity index (χ3n) is 2.43. The van der Waals surface area contributed by atoms with Crippen molar-refractivity contribution in [3.63, 3.8) is 0 Å². The molecule has 78 valence electrons. The van der Waals surface area contributed by atoms with Crippen LogP contribution in [0.1, 0.15) is 11.1 Å². The van der Waals surface area contributed by atoms with Gasteiger partial charge in [-0.3, -0.25) is 0 Å². The van der Waals surface area contributed by atoms with Crippen LogP contribution in [0, 0.1) is 0 Å². The van der Waals surface area contributed by atoms with Crippen LogP contribution in [0.4, 0.5) is 0 Å². The molecule has 2 aromatic carbocycles. The number of alkyl halides is 1. The summed E-state index contributed by atoms with van der Waals surface area (Å²) < 4.78 is 5.12. The standard InChI is InChI=1S/C13H13BrO/c1-15-9-11-3-5-12-4-2-10(8-14)6-13(12)7-11/h2-7H,8-9H2,1H3. The van der Waals surface area contributed by atoms with E-state index in [1.807, 2.05) is 0 Å². The van der Waals surface area contributed by atoms with E-state index < -0.39 is 0 Å². The lowest BCUT2D eigenvalue weighted by Crippen LogP contribution is -1.87. The summed E-state index contributed by atoms with van der Waals surface area (Å²) in [7, 11) is 1.72. The summed E-state index contributed by atoms with van der Waals surface area (Å²) in [5.74, 6) is 0. The van der Waals surface area contributed by atoms with Crippen molar-refractivity contribution in [2.75, 3.05) is 7.11 Å². The van der Waals surface area contributed by atoms with E-state index in [1.165, 1.54) is 21.9 Å². The minimum Gasteiger partial charge on any atom is -0.380 e. The predicted octanol–water partition coefficient (Wildman–Crippen LogP) is 3.88. The number of hydrogen-bond donors (Lipinski definition) is 0. The van der Waals surface area contributed by atoms with E-state index in [0.29, 0.717) is 6.61 Å². The third-order valence-corrected chi connectivity index (χ3v) is 3.08. The summed E-state index contributed by atoms with van der Waals surface area (Å²) in [4.78, 5) is 0. The lowest BCUT2D eigenvalue weighted by atomic mass is 10.1. The molecule has 0 aromatic heterocycles. The minimum atomic E-state index is 0.675. The van der Waals surface area contributed by atoms with Gasteiger partial charge in [-0.05, 0) is 28.0 Å². The van der Waals surface area contributed by atoms with Gasteiger partial charge in [0, 0.05) is 12.4 Å². The molecule has 0 unspecified atom stereocenters. The summed E-state index contributed by atoms with van der Waals surface area (Å²) in [6.07, 6.45) is 0. The van der Waals surface area contributed by atoms with Crippen molar-refractivity contribution in [1.82, 2.24) is 0 Å². The van der Waals surface area contributed by atoms with E-state index in [4.69, 9.17) is 4.74 Å². The van der Waals surface area contributed by atoms with Crippen molar-refractivity contribution in [2.24, 2.45) is 0 Å². The van der Waals surface area contributed by atoms with E-state index in [2.05, 4.69) is 52.3 Å². The summed E-state index contributed by atoms with van der Waals surface area (Å²) >= 11 is 3.47. The Bertz CT molecular complexity index is 465. The first-order chi connectivity index (χ1) is 7.33. The van der Waals surface area contributed by atoms with Crippen LogP contribution in [-0.2, 0) is 16.7 Å². The maximum Gasteiger partial charge on any atom is 0.0713 e. The van der Waals surface area contributed by atoms with E-state index in [1.54, 1.807) is 7.11 Å². The molecule has 0 fully saturated rings. The molecule has 0 heterocycles. The first-order valence-electron chi connectivity index (χ1n) is 4.90. The highest BCUT2D eigenvalue weighted by molar-refractivity contribution is 9.08. The van der Waals surface area contributed by atoms with Gasteiger partial charge in [-0.2, -0.15) is 0 Å². The topological polar surface area (TPSA) is 9.23 Å². The number of rotatable bonds is 3. The molecule has 15 heavy (non-hydrogen) atoms. The first-order valence-corrected chi connectivity index (χ1v) is 6.02. The number of hydrogen-bond acceptors (Lipinski definition) is 1. The van der Waals surface area contributed by atoms with Crippen molar-refractivity contribution in [3.05, 3.63) is 47.5 Å². The highest BCUT2D eigenvalue weighted by atomic mass is 79.9. The molecule has 0 aliphatic heterocycles. The second kappa shape index (κ2) is 4.77. The Morgan fingerprint density at radius 2 is 1.67 bits per heavy atom. The van der Waals surface area contributed by atoms with Gasteiger partial charge in [0.25, 0.3) is 0 Å². The van der Waals surface area contributed by atoms with Crippen LogP contribution in [0.5, 0.6) is 0 Å². The molecule has 2 heteroatoms. The van der Waals surface area contributed by atoms with Crippen LogP contribution in [-0.4, -0.2) is 7.11 Å². The fourth-order valence-electron chi connectivity index (χ4n) is 1.69. The smallest absolute Gasteiger partial charge is 0.0713 e. The largest absolute Gasteiger partial charge is 0.380 e. The van der Waals surface area contributed by atoms with Gasteiger partial charge in [-0.1, -0.05) is 46.3 Å². The second-order valence-corrected chi connectivity index (χ2v) is 4.14.